The molecule has 0 radical (unpaired) electrons. The highest BCUT2D eigenvalue weighted by molar-refractivity contribution is 5.92. The molecule has 4 aromatic rings. The maximum absolute atomic E-state index is 13.9. The molecule has 178 valence electrons. The van der Waals surface area contributed by atoms with E-state index in [1.807, 2.05) is 29.2 Å². The van der Waals surface area contributed by atoms with Crippen LogP contribution in [0.5, 0.6) is 11.5 Å². The summed E-state index contributed by atoms with van der Waals surface area (Å²) in [5.74, 6) is 1.21. The summed E-state index contributed by atoms with van der Waals surface area (Å²) in [5, 5.41) is 3.08. The standard InChI is InChI=1S/C29H29N3O3/c1-4-20-11-13-21(14-12-20)28-26-10-7-17-31(26)25-9-6-5-8-22(25)19-32(28)29(33)30-24-18-23(34-2)15-16-27(24)35-3/h5-18,28H,4,19H2,1-3H3,(H,30,33). The molecule has 0 saturated heterocycles. The van der Waals surface area contributed by atoms with Crippen LogP contribution in [0, 0.1) is 0 Å². The number of carbonyl (C=O) groups is 1. The minimum atomic E-state index is -0.278. The molecular weight excluding hydrogens is 438 g/mol. The maximum atomic E-state index is 13.9. The van der Waals surface area contributed by atoms with Crippen LogP contribution < -0.4 is 14.8 Å². The first-order valence-electron chi connectivity index (χ1n) is 11.8. The Morgan fingerprint density at radius 1 is 0.971 bits per heavy atom. The van der Waals surface area contributed by atoms with Crippen LogP contribution in [-0.4, -0.2) is 29.7 Å². The average molecular weight is 468 g/mol. The summed E-state index contributed by atoms with van der Waals surface area (Å²) in [7, 11) is 3.19. The lowest BCUT2D eigenvalue weighted by Crippen LogP contribution is -2.38. The van der Waals surface area contributed by atoms with Gasteiger partial charge in [-0.3, -0.25) is 0 Å². The number of aromatic nitrogens is 1. The fourth-order valence-corrected chi connectivity index (χ4v) is 4.72. The van der Waals surface area contributed by atoms with Crippen molar-refractivity contribution >= 4 is 11.7 Å². The summed E-state index contributed by atoms with van der Waals surface area (Å²) < 4.78 is 13.1. The van der Waals surface area contributed by atoms with Crippen LogP contribution in [0.25, 0.3) is 5.69 Å². The Balaban J connectivity index is 1.61. The number of para-hydroxylation sites is 1. The number of anilines is 1. The number of nitrogens with one attached hydrogen (secondary N) is 1. The number of rotatable bonds is 5. The summed E-state index contributed by atoms with van der Waals surface area (Å²) in [6.07, 6.45) is 3.03. The van der Waals surface area contributed by atoms with Gasteiger partial charge in [-0.25, -0.2) is 4.79 Å². The molecule has 6 heteroatoms. The molecule has 5 rings (SSSR count). The highest BCUT2D eigenvalue weighted by atomic mass is 16.5. The molecule has 2 heterocycles. The first-order valence-corrected chi connectivity index (χ1v) is 11.8. The molecule has 1 N–H and O–H groups in total. The second-order valence-electron chi connectivity index (χ2n) is 8.55. The van der Waals surface area contributed by atoms with Crippen molar-refractivity contribution in [3.05, 3.63) is 107 Å². The van der Waals surface area contributed by atoms with Gasteiger partial charge < -0.3 is 24.3 Å². The number of ether oxygens (including phenoxy) is 2. The van der Waals surface area contributed by atoms with Gasteiger partial charge in [0.1, 0.15) is 11.5 Å². The number of methoxy groups -OCH3 is 2. The van der Waals surface area contributed by atoms with Gasteiger partial charge in [-0.15, -0.1) is 0 Å². The van der Waals surface area contributed by atoms with Gasteiger partial charge in [-0.2, -0.15) is 0 Å². The van der Waals surface area contributed by atoms with Crippen molar-refractivity contribution in [1.82, 2.24) is 9.47 Å². The summed E-state index contributed by atoms with van der Waals surface area (Å²) in [6.45, 7) is 2.60. The lowest BCUT2D eigenvalue weighted by Gasteiger charge is -2.31. The van der Waals surface area contributed by atoms with Crippen LogP contribution in [-0.2, 0) is 13.0 Å². The van der Waals surface area contributed by atoms with Gasteiger partial charge in [0, 0.05) is 18.0 Å². The van der Waals surface area contributed by atoms with E-state index in [0.29, 0.717) is 23.7 Å². The van der Waals surface area contributed by atoms with Crippen LogP contribution in [0.4, 0.5) is 10.5 Å². The van der Waals surface area contributed by atoms with E-state index in [1.165, 1.54) is 5.56 Å². The monoisotopic (exact) mass is 467 g/mol. The van der Waals surface area contributed by atoms with E-state index in [9.17, 15) is 4.79 Å². The molecule has 3 aromatic carbocycles. The lowest BCUT2D eigenvalue weighted by atomic mass is 10.00. The van der Waals surface area contributed by atoms with Gasteiger partial charge in [-0.05, 0) is 53.4 Å². The van der Waals surface area contributed by atoms with E-state index in [4.69, 9.17) is 9.47 Å². The summed E-state index contributed by atoms with van der Waals surface area (Å²) in [6, 6.07) is 25.8. The highest BCUT2D eigenvalue weighted by Gasteiger charge is 2.33. The normalized spacial score (nSPS) is 14.5. The Bertz CT molecular complexity index is 1340. The van der Waals surface area contributed by atoms with Gasteiger partial charge in [0.2, 0.25) is 0 Å². The first-order chi connectivity index (χ1) is 17.1. The Morgan fingerprint density at radius 2 is 1.77 bits per heavy atom. The van der Waals surface area contributed by atoms with Crippen molar-refractivity contribution in [2.24, 2.45) is 0 Å². The summed E-state index contributed by atoms with van der Waals surface area (Å²) in [5.41, 5.74) is 6.07. The van der Waals surface area contributed by atoms with E-state index in [0.717, 1.165) is 28.9 Å². The maximum Gasteiger partial charge on any atom is 0.323 e. The van der Waals surface area contributed by atoms with Crippen LogP contribution in [0.1, 0.15) is 35.3 Å². The predicted octanol–water partition coefficient (Wildman–Crippen LogP) is 6.19. The Hall–Kier alpha value is -4.19. The van der Waals surface area contributed by atoms with Crippen molar-refractivity contribution in [3.8, 4) is 17.2 Å². The molecule has 0 aliphatic carbocycles. The zero-order chi connectivity index (χ0) is 24.4. The van der Waals surface area contributed by atoms with Gasteiger partial charge >= 0.3 is 6.03 Å². The molecule has 0 fully saturated rings. The largest absolute Gasteiger partial charge is 0.497 e. The van der Waals surface area contributed by atoms with Crippen molar-refractivity contribution in [3.63, 3.8) is 0 Å². The minimum Gasteiger partial charge on any atom is -0.497 e. The van der Waals surface area contributed by atoms with E-state index in [2.05, 4.69) is 65.5 Å². The number of hydrogen-bond acceptors (Lipinski definition) is 3. The third kappa shape index (κ3) is 4.23. The topological polar surface area (TPSA) is 55.7 Å². The molecule has 0 saturated carbocycles. The molecule has 6 nitrogen and oxygen atoms in total. The molecule has 1 unspecified atom stereocenters. The molecule has 1 aliphatic rings. The van der Waals surface area contributed by atoms with Gasteiger partial charge in [-0.1, -0.05) is 49.4 Å². The number of benzene rings is 3. The van der Waals surface area contributed by atoms with Crippen LogP contribution >= 0.6 is 0 Å². The third-order valence-electron chi connectivity index (χ3n) is 6.58. The zero-order valence-corrected chi connectivity index (χ0v) is 20.2. The number of amides is 2. The molecule has 1 aromatic heterocycles. The second-order valence-corrected chi connectivity index (χ2v) is 8.55. The van der Waals surface area contributed by atoms with Crippen molar-refractivity contribution in [1.29, 1.82) is 0 Å². The van der Waals surface area contributed by atoms with Gasteiger partial charge in [0.25, 0.3) is 0 Å². The number of nitrogens with zero attached hydrogens (tertiary/aromatic N) is 2. The Morgan fingerprint density at radius 3 is 2.51 bits per heavy atom. The molecule has 35 heavy (non-hydrogen) atoms. The fourth-order valence-electron chi connectivity index (χ4n) is 4.72. The van der Waals surface area contributed by atoms with Crippen molar-refractivity contribution in [2.45, 2.75) is 25.9 Å². The molecule has 2 amide bonds. The molecule has 1 aliphatic heterocycles. The molecular formula is C29H29N3O3. The summed E-state index contributed by atoms with van der Waals surface area (Å²) in [4.78, 5) is 15.8. The third-order valence-corrected chi connectivity index (χ3v) is 6.58. The molecule has 0 bridgehead atoms. The Labute approximate surface area is 205 Å². The molecule has 1 atom stereocenters. The first kappa shape index (κ1) is 22.6. The highest BCUT2D eigenvalue weighted by Crippen LogP contribution is 2.38. The van der Waals surface area contributed by atoms with Crippen LogP contribution in [0.15, 0.2) is 85.1 Å². The molecule has 0 spiro atoms. The number of fused-ring (bicyclic) bond motifs is 3. The quantitative estimate of drug-likeness (QED) is 0.381. The van der Waals surface area contributed by atoms with Crippen LogP contribution in [0.2, 0.25) is 0 Å². The second kappa shape index (κ2) is 9.58. The van der Waals surface area contributed by atoms with Gasteiger partial charge in [0.15, 0.2) is 0 Å². The van der Waals surface area contributed by atoms with E-state index in [1.54, 1.807) is 26.4 Å². The number of carbonyl (C=O) groups excluding carboxylic acids is 1. The minimum absolute atomic E-state index is 0.217. The zero-order valence-electron chi connectivity index (χ0n) is 20.2. The van der Waals surface area contributed by atoms with Gasteiger partial charge in [0.05, 0.1) is 38.2 Å². The Kier molecular flexibility index (Phi) is 6.19. The number of aryl methyl sites for hydroxylation is 1. The summed E-state index contributed by atoms with van der Waals surface area (Å²) >= 11 is 0. The van der Waals surface area contributed by atoms with E-state index < -0.39 is 0 Å². The van der Waals surface area contributed by atoms with E-state index in [-0.39, 0.29) is 12.1 Å². The fraction of sp³-hybridized carbons (Fsp3) is 0.207. The van der Waals surface area contributed by atoms with E-state index >= 15 is 0 Å². The SMILES string of the molecule is CCc1ccc(C2c3cccn3-c3ccccc3CN2C(=O)Nc2cc(OC)ccc2OC)cc1. The average Bonchev–Trinajstić information content (AvgIpc) is 3.33. The van der Waals surface area contributed by atoms with Crippen LogP contribution in [0.3, 0.4) is 0 Å². The van der Waals surface area contributed by atoms with Crippen molar-refractivity contribution < 1.29 is 14.3 Å². The van der Waals surface area contributed by atoms with Crippen molar-refractivity contribution in [2.75, 3.05) is 19.5 Å². The lowest BCUT2D eigenvalue weighted by molar-refractivity contribution is 0.194. The number of urea groups is 1. The predicted molar refractivity (Wildman–Crippen MR) is 138 cm³/mol. The number of hydrogen-bond donors (Lipinski definition) is 1. The smallest absolute Gasteiger partial charge is 0.323 e.